The first kappa shape index (κ1) is 22.6. The van der Waals surface area contributed by atoms with Gasteiger partial charge in [0.25, 0.3) is 0 Å². The van der Waals surface area contributed by atoms with E-state index in [-0.39, 0.29) is 25.5 Å². The molecule has 1 saturated heterocycles. The van der Waals surface area contributed by atoms with Crippen molar-refractivity contribution in [3.05, 3.63) is 53.8 Å². The van der Waals surface area contributed by atoms with Crippen molar-refractivity contribution in [2.75, 3.05) is 31.2 Å². The van der Waals surface area contributed by atoms with Gasteiger partial charge in [0, 0.05) is 25.6 Å². The van der Waals surface area contributed by atoms with Crippen molar-refractivity contribution < 1.29 is 27.5 Å². The molecule has 0 bridgehead atoms. The first-order valence-electron chi connectivity index (χ1n) is 9.89. The van der Waals surface area contributed by atoms with Crippen molar-refractivity contribution in [1.29, 1.82) is 0 Å². The first-order chi connectivity index (χ1) is 14.9. The van der Waals surface area contributed by atoms with E-state index in [1.54, 1.807) is 36.4 Å². The van der Waals surface area contributed by atoms with Crippen LogP contribution in [0.4, 0.5) is 23.7 Å². The van der Waals surface area contributed by atoms with E-state index in [2.05, 4.69) is 10.6 Å². The predicted molar refractivity (Wildman–Crippen MR) is 111 cm³/mol. The number of benzene rings is 2. The minimum Gasteiger partial charge on any atom is -0.442 e. The number of cyclic esters (lactones) is 1. The van der Waals surface area contributed by atoms with Gasteiger partial charge in [0.05, 0.1) is 18.8 Å². The fourth-order valence-corrected chi connectivity index (χ4v) is 3.23. The maximum atomic E-state index is 14.8. The number of nitrogens with zero attached hydrogens (tertiary/aromatic N) is 1. The molecule has 1 heterocycles. The largest absolute Gasteiger partial charge is 0.442 e. The van der Waals surface area contributed by atoms with E-state index < -0.39 is 30.9 Å². The summed E-state index contributed by atoms with van der Waals surface area (Å²) in [7, 11) is 0. The molecular weight excluding hydrogens is 411 g/mol. The fourth-order valence-electron chi connectivity index (χ4n) is 3.23. The molecule has 0 aliphatic carbocycles. The van der Waals surface area contributed by atoms with Gasteiger partial charge in [-0.3, -0.25) is 9.69 Å². The van der Waals surface area contributed by atoms with Gasteiger partial charge in [0.15, 0.2) is 0 Å². The van der Waals surface area contributed by atoms with Crippen LogP contribution in [0.15, 0.2) is 42.5 Å². The zero-order valence-corrected chi connectivity index (χ0v) is 17.0. The van der Waals surface area contributed by atoms with Gasteiger partial charge >= 0.3 is 6.09 Å². The summed E-state index contributed by atoms with van der Waals surface area (Å²) in [6.07, 6.45) is -2.62. The fraction of sp³-hybridized carbons (Fsp3) is 0.364. The average Bonchev–Trinajstić information content (AvgIpc) is 3.13. The molecule has 2 atom stereocenters. The summed E-state index contributed by atoms with van der Waals surface area (Å²) in [4.78, 5) is 24.4. The Labute approximate surface area is 178 Å². The molecule has 1 aliphatic heterocycles. The summed E-state index contributed by atoms with van der Waals surface area (Å²) in [5, 5.41) is 5.41. The third-order valence-corrected chi connectivity index (χ3v) is 4.84. The van der Waals surface area contributed by atoms with Crippen LogP contribution in [-0.2, 0) is 16.1 Å². The topological polar surface area (TPSA) is 70.7 Å². The minimum atomic E-state index is -1.53. The lowest BCUT2D eigenvalue weighted by Gasteiger charge is -2.15. The molecule has 0 spiro atoms. The van der Waals surface area contributed by atoms with E-state index >= 15 is 0 Å². The van der Waals surface area contributed by atoms with Crippen molar-refractivity contribution in [2.24, 2.45) is 0 Å². The highest BCUT2D eigenvalue weighted by Gasteiger charge is 2.32. The maximum absolute atomic E-state index is 14.8. The van der Waals surface area contributed by atoms with Crippen molar-refractivity contribution in [3.8, 4) is 11.1 Å². The quantitative estimate of drug-likeness (QED) is 0.634. The molecule has 1 unspecified atom stereocenters. The number of hydrogen-bond acceptors (Lipinski definition) is 4. The van der Waals surface area contributed by atoms with Crippen molar-refractivity contribution in [2.45, 2.75) is 25.7 Å². The lowest BCUT2D eigenvalue weighted by molar-refractivity contribution is -0.119. The molecule has 0 saturated carbocycles. The molecule has 166 valence electrons. The Balaban J connectivity index is 1.64. The SMILES string of the molecule is CC(=O)NC[C@H]1CN(c2ccc(-c3ccc(CNCC(F)CF)cc3)c(F)c2)C(=O)O1. The van der Waals surface area contributed by atoms with Crippen LogP contribution >= 0.6 is 0 Å². The summed E-state index contributed by atoms with van der Waals surface area (Å²) in [5.41, 5.74) is 2.24. The lowest BCUT2D eigenvalue weighted by Crippen LogP contribution is -2.33. The first-order valence-corrected chi connectivity index (χ1v) is 9.89. The van der Waals surface area contributed by atoms with Gasteiger partial charge in [-0.25, -0.2) is 18.0 Å². The van der Waals surface area contributed by atoms with Crippen LogP contribution in [0, 0.1) is 5.82 Å². The van der Waals surface area contributed by atoms with E-state index in [0.717, 1.165) is 5.56 Å². The number of amides is 2. The number of alkyl halides is 2. The van der Waals surface area contributed by atoms with Crippen molar-refractivity contribution >= 4 is 17.7 Å². The predicted octanol–water partition coefficient (Wildman–Crippen LogP) is 3.35. The van der Waals surface area contributed by atoms with Crippen molar-refractivity contribution in [1.82, 2.24) is 10.6 Å². The Morgan fingerprint density at radius 3 is 2.65 bits per heavy atom. The number of rotatable bonds is 9. The van der Waals surface area contributed by atoms with E-state index in [1.165, 1.54) is 17.9 Å². The van der Waals surface area contributed by atoms with E-state index in [0.29, 0.717) is 23.4 Å². The van der Waals surface area contributed by atoms with Crippen LogP contribution in [0.2, 0.25) is 0 Å². The zero-order valence-electron chi connectivity index (χ0n) is 17.0. The molecule has 2 amide bonds. The van der Waals surface area contributed by atoms with Gasteiger partial charge in [0.1, 0.15) is 24.8 Å². The molecule has 6 nitrogen and oxygen atoms in total. The highest BCUT2D eigenvalue weighted by atomic mass is 19.2. The van der Waals surface area contributed by atoms with Crippen LogP contribution in [0.25, 0.3) is 11.1 Å². The molecule has 2 aromatic carbocycles. The highest BCUT2D eigenvalue weighted by Crippen LogP contribution is 2.29. The lowest BCUT2D eigenvalue weighted by atomic mass is 10.0. The smallest absolute Gasteiger partial charge is 0.414 e. The standard InChI is InChI=1S/C22H24F3N3O3/c1-14(29)27-12-19-13-28(22(30)31-19)18-6-7-20(21(25)8-18)16-4-2-15(3-5-16)10-26-11-17(24)9-23/h2-8,17,19,26H,9-13H2,1H3,(H,27,29)/t17?,19-/m0/s1. The Morgan fingerprint density at radius 1 is 1.26 bits per heavy atom. The highest BCUT2D eigenvalue weighted by molar-refractivity contribution is 5.90. The average molecular weight is 435 g/mol. The second-order valence-electron chi connectivity index (χ2n) is 7.30. The van der Waals surface area contributed by atoms with Gasteiger partial charge in [-0.15, -0.1) is 0 Å². The summed E-state index contributed by atoms with van der Waals surface area (Å²) < 4.78 is 45.0. The second-order valence-corrected chi connectivity index (χ2v) is 7.30. The molecule has 9 heteroatoms. The molecule has 0 aromatic heterocycles. The molecule has 1 fully saturated rings. The summed E-state index contributed by atoms with van der Waals surface area (Å²) >= 11 is 0. The number of carbonyl (C=O) groups is 2. The molecule has 0 radical (unpaired) electrons. The molecule has 1 aliphatic rings. The summed E-state index contributed by atoms with van der Waals surface area (Å²) in [6.45, 7) is 1.06. The summed E-state index contributed by atoms with van der Waals surface area (Å²) in [5.74, 6) is -0.720. The Morgan fingerprint density at radius 2 is 2.00 bits per heavy atom. The zero-order chi connectivity index (χ0) is 22.4. The Bertz CT molecular complexity index is 924. The number of halogens is 3. The summed E-state index contributed by atoms with van der Waals surface area (Å²) in [6, 6.07) is 11.5. The molecule has 2 aromatic rings. The Kier molecular flexibility index (Phi) is 7.51. The molecule has 31 heavy (non-hydrogen) atoms. The molecule has 3 rings (SSSR count). The van der Waals surface area contributed by atoms with E-state index in [1.807, 2.05) is 0 Å². The van der Waals surface area contributed by atoms with Gasteiger partial charge in [-0.05, 0) is 29.3 Å². The minimum absolute atomic E-state index is 0.0705. The van der Waals surface area contributed by atoms with Crippen LogP contribution in [0.3, 0.4) is 0 Å². The van der Waals surface area contributed by atoms with Crippen LogP contribution in [0.5, 0.6) is 0 Å². The monoisotopic (exact) mass is 435 g/mol. The number of hydrogen-bond donors (Lipinski definition) is 2. The van der Waals surface area contributed by atoms with E-state index in [9.17, 15) is 22.8 Å². The maximum Gasteiger partial charge on any atom is 0.414 e. The molecular formula is C22H24F3N3O3. The third kappa shape index (κ3) is 5.97. The van der Waals surface area contributed by atoms with Gasteiger partial charge in [0.2, 0.25) is 5.91 Å². The Hall–Kier alpha value is -3.07. The third-order valence-electron chi connectivity index (χ3n) is 4.84. The number of carbonyl (C=O) groups excluding carboxylic acids is 2. The number of ether oxygens (including phenoxy) is 1. The van der Waals surface area contributed by atoms with Gasteiger partial charge in [-0.1, -0.05) is 24.3 Å². The van der Waals surface area contributed by atoms with Gasteiger partial charge in [-0.2, -0.15) is 0 Å². The molecule has 2 N–H and O–H groups in total. The van der Waals surface area contributed by atoms with Crippen LogP contribution in [-0.4, -0.2) is 50.6 Å². The normalized spacial score (nSPS) is 16.8. The number of nitrogens with one attached hydrogen (secondary N) is 2. The second kappa shape index (κ2) is 10.3. The van der Waals surface area contributed by atoms with E-state index in [4.69, 9.17) is 4.74 Å². The van der Waals surface area contributed by atoms with Crippen LogP contribution in [0.1, 0.15) is 12.5 Å². The number of anilines is 1. The van der Waals surface area contributed by atoms with Gasteiger partial charge < -0.3 is 15.4 Å². The van der Waals surface area contributed by atoms with Crippen LogP contribution < -0.4 is 15.5 Å². The van der Waals surface area contributed by atoms with Crippen molar-refractivity contribution in [3.63, 3.8) is 0 Å².